The zero-order valence-corrected chi connectivity index (χ0v) is 9.29. The second-order valence-electron chi connectivity index (χ2n) is 3.91. The molecule has 3 N–H and O–H groups in total. The third-order valence-corrected chi connectivity index (χ3v) is 2.11. The van der Waals surface area contributed by atoms with Crippen LogP contribution in [0.25, 0.3) is 0 Å². The fourth-order valence-corrected chi connectivity index (χ4v) is 1.33. The van der Waals surface area contributed by atoms with Gasteiger partial charge in [0, 0.05) is 30.3 Å². The Bertz CT molecular complexity index is 334. The van der Waals surface area contributed by atoms with Gasteiger partial charge in [0.1, 0.15) is 0 Å². The van der Waals surface area contributed by atoms with Crippen LogP contribution in [-0.4, -0.2) is 18.4 Å². The molecule has 0 unspecified atom stereocenters. The molecular weight excluding hydrogens is 188 g/mol. The molecule has 0 saturated carbocycles. The number of anilines is 1. The van der Waals surface area contributed by atoms with Crippen molar-refractivity contribution in [2.24, 2.45) is 0 Å². The third-order valence-electron chi connectivity index (χ3n) is 2.11. The highest BCUT2D eigenvalue weighted by Crippen LogP contribution is 2.08. The van der Waals surface area contributed by atoms with E-state index in [1.165, 1.54) is 0 Å². The van der Waals surface area contributed by atoms with Gasteiger partial charge in [0.2, 0.25) is 0 Å². The number of nitrogen functional groups attached to an aromatic ring is 1. The van der Waals surface area contributed by atoms with Crippen LogP contribution < -0.4 is 11.1 Å². The summed E-state index contributed by atoms with van der Waals surface area (Å²) in [4.78, 5) is 11.7. The van der Waals surface area contributed by atoms with Crippen molar-refractivity contribution in [2.75, 3.05) is 12.3 Å². The quantitative estimate of drug-likeness (QED) is 0.571. The number of rotatable bonds is 5. The molecule has 0 atom stereocenters. The molecule has 0 aromatic heterocycles. The molecule has 1 aromatic carbocycles. The highest BCUT2D eigenvalue weighted by Gasteiger charge is 2.05. The zero-order chi connectivity index (χ0) is 11.3. The van der Waals surface area contributed by atoms with Gasteiger partial charge in [-0.05, 0) is 12.1 Å². The lowest BCUT2D eigenvalue weighted by Crippen LogP contribution is -2.25. The summed E-state index contributed by atoms with van der Waals surface area (Å²) in [5, 5.41) is 3.21. The number of Topliss-reactive ketones (excluding diaryl/α,β-unsaturated/α-hetero) is 1. The summed E-state index contributed by atoms with van der Waals surface area (Å²) in [6.07, 6.45) is 0.516. The van der Waals surface area contributed by atoms with Gasteiger partial charge < -0.3 is 11.1 Å². The molecule has 0 heterocycles. The van der Waals surface area contributed by atoms with Crippen LogP contribution in [0.1, 0.15) is 30.6 Å². The number of ketones is 1. The van der Waals surface area contributed by atoms with Crippen molar-refractivity contribution in [3.8, 4) is 0 Å². The van der Waals surface area contributed by atoms with Crippen molar-refractivity contribution >= 4 is 11.5 Å². The first-order valence-corrected chi connectivity index (χ1v) is 5.21. The van der Waals surface area contributed by atoms with E-state index < -0.39 is 0 Å². The SMILES string of the molecule is CC(C)NCCC(=O)c1cccc(N)c1. The van der Waals surface area contributed by atoms with E-state index in [1.54, 1.807) is 24.3 Å². The van der Waals surface area contributed by atoms with Crippen LogP contribution in [0.5, 0.6) is 0 Å². The van der Waals surface area contributed by atoms with Crippen molar-refractivity contribution in [1.29, 1.82) is 0 Å². The predicted molar refractivity (Wildman–Crippen MR) is 62.9 cm³/mol. The van der Waals surface area contributed by atoms with Gasteiger partial charge in [-0.1, -0.05) is 26.0 Å². The molecule has 3 heteroatoms. The topological polar surface area (TPSA) is 55.1 Å². The minimum absolute atomic E-state index is 0.135. The molecule has 0 amide bonds. The largest absolute Gasteiger partial charge is 0.399 e. The molecule has 0 aliphatic carbocycles. The molecule has 1 rings (SSSR count). The van der Waals surface area contributed by atoms with E-state index in [0.717, 1.165) is 0 Å². The highest BCUT2D eigenvalue weighted by atomic mass is 16.1. The van der Waals surface area contributed by atoms with Gasteiger partial charge >= 0.3 is 0 Å². The molecule has 15 heavy (non-hydrogen) atoms. The number of hydrogen-bond acceptors (Lipinski definition) is 3. The second-order valence-corrected chi connectivity index (χ2v) is 3.91. The van der Waals surface area contributed by atoms with Crippen LogP contribution >= 0.6 is 0 Å². The Hall–Kier alpha value is -1.35. The normalized spacial score (nSPS) is 10.6. The fourth-order valence-electron chi connectivity index (χ4n) is 1.33. The van der Waals surface area contributed by atoms with Gasteiger partial charge in [-0.15, -0.1) is 0 Å². The number of nitrogens with one attached hydrogen (secondary N) is 1. The maximum atomic E-state index is 11.7. The smallest absolute Gasteiger partial charge is 0.164 e. The molecule has 0 saturated heterocycles. The first-order valence-electron chi connectivity index (χ1n) is 5.21. The minimum atomic E-state index is 0.135. The van der Waals surface area contributed by atoms with Gasteiger partial charge in [-0.25, -0.2) is 0 Å². The summed E-state index contributed by atoms with van der Waals surface area (Å²) in [5.41, 5.74) is 6.94. The van der Waals surface area contributed by atoms with E-state index in [-0.39, 0.29) is 5.78 Å². The molecule has 82 valence electrons. The zero-order valence-electron chi connectivity index (χ0n) is 9.29. The number of benzene rings is 1. The first-order chi connectivity index (χ1) is 7.09. The van der Waals surface area contributed by atoms with Gasteiger partial charge in [0.25, 0.3) is 0 Å². The Morgan fingerprint density at radius 1 is 1.47 bits per heavy atom. The van der Waals surface area contributed by atoms with E-state index in [9.17, 15) is 4.79 Å². The maximum absolute atomic E-state index is 11.7. The lowest BCUT2D eigenvalue weighted by atomic mass is 10.1. The summed E-state index contributed by atoms with van der Waals surface area (Å²) >= 11 is 0. The van der Waals surface area contributed by atoms with Crippen LogP contribution in [0.4, 0.5) is 5.69 Å². The van der Waals surface area contributed by atoms with Crippen molar-refractivity contribution in [3.63, 3.8) is 0 Å². The molecule has 0 aliphatic rings. The molecule has 0 radical (unpaired) electrons. The lowest BCUT2D eigenvalue weighted by Gasteiger charge is -2.07. The summed E-state index contributed by atoms with van der Waals surface area (Å²) in [6.45, 7) is 4.83. The lowest BCUT2D eigenvalue weighted by molar-refractivity contribution is 0.0982. The summed E-state index contributed by atoms with van der Waals surface area (Å²) in [5.74, 6) is 0.135. The van der Waals surface area contributed by atoms with Crippen molar-refractivity contribution in [1.82, 2.24) is 5.32 Å². The molecule has 0 fully saturated rings. The summed E-state index contributed by atoms with van der Waals surface area (Å²) in [6, 6.07) is 7.52. The van der Waals surface area contributed by atoms with Crippen LogP contribution in [0.15, 0.2) is 24.3 Å². The molecule has 3 nitrogen and oxygen atoms in total. The molecule has 0 spiro atoms. The number of carbonyl (C=O) groups is 1. The van der Waals surface area contributed by atoms with Crippen molar-refractivity contribution in [2.45, 2.75) is 26.3 Å². The minimum Gasteiger partial charge on any atom is -0.399 e. The van der Waals surface area contributed by atoms with E-state index in [0.29, 0.717) is 30.3 Å². The molecule has 0 aliphatic heterocycles. The second kappa shape index (κ2) is 5.51. The Morgan fingerprint density at radius 2 is 2.20 bits per heavy atom. The number of nitrogens with two attached hydrogens (primary N) is 1. The van der Waals surface area contributed by atoms with Crippen LogP contribution in [0, 0.1) is 0 Å². The fraction of sp³-hybridized carbons (Fsp3) is 0.417. The monoisotopic (exact) mass is 206 g/mol. The predicted octanol–water partition coefficient (Wildman–Crippen LogP) is 1.84. The molecule has 0 bridgehead atoms. The highest BCUT2D eigenvalue weighted by molar-refractivity contribution is 5.96. The van der Waals surface area contributed by atoms with Gasteiger partial charge in [-0.3, -0.25) is 4.79 Å². The van der Waals surface area contributed by atoms with E-state index in [4.69, 9.17) is 5.73 Å². The van der Waals surface area contributed by atoms with Crippen LogP contribution in [0.3, 0.4) is 0 Å². The Balaban J connectivity index is 2.47. The average molecular weight is 206 g/mol. The van der Waals surface area contributed by atoms with Crippen LogP contribution in [-0.2, 0) is 0 Å². The van der Waals surface area contributed by atoms with Crippen LogP contribution in [0.2, 0.25) is 0 Å². The van der Waals surface area contributed by atoms with Gasteiger partial charge in [-0.2, -0.15) is 0 Å². The van der Waals surface area contributed by atoms with Gasteiger partial charge in [0.05, 0.1) is 0 Å². The van der Waals surface area contributed by atoms with E-state index in [1.807, 2.05) is 0 Å². The number of carbonyl (C=O) groups excluding carboxylic acids is 1. The Morgan fingerprint density at radius 3 is 2.80 bits per heavy atom. The average Bonchev–Trinajstić information content (AvgIpc) is 2.17. The maximum Gasteiger partial charge on any atom is 0.164 e. The Kier molecular flexibility index (Phi) is 4.31. The van der Waals surface area contributed by atoms with E-state index in [2.05, 4.69) is 19.2 Å². The number of hydrogen-bond donors (Lipinski definition) is 2. The molecule has 1 aromatic rings. The third kappa shape index (κ3) is 4.13. The summed E-state index contributed by atoms with van der Waals surface area (Å²) in [7, 11) is 0. The standard InChI is InChI=1S/C12H18N2O/c1-9(2)14-7-6-12(15)10-4-3-5-11(13)8-10/h3-5,8-9,14H,6-7,13H2,1-2H3. The van der Waals surface area contributed by atoms with E-state index >= 15 is 0 Å². The van der Waals surface area contributed by atoms with Crippen molar-refractivity contribution < 1.29 is 4.79 Å². The van der Waals surface area contributed by atoms with Gasteiger partial charge in [0.15, 0.2) is 5.78 Å². The molecular formula is C12H18N2O. The Labute approximate surface area is 90.7 Å². The summed E-state index contributed by atoms with van der Waals surface area (Å²) < 4.78 is 0. The van der Waals surface area contributed by atoms with Crippen molar-refractivity contribution in [3.05, 3.63) is 29.8 Å². The first kappa shape index (κ1) is 11.7.